The molecule has 134 valence electrons. The van der Waals surface area contributed by atoms with Crippen LogP contribution in [0.5, 0.6) is 0 Å². The first kappa shape index (κ1) is 21.3. The Morgan fingerprint density at radius 3 is 1.64 bits per heavy atom. The Balaban J connectivity index is 5.81. The SMILES string of the molecule is CC(C(F)(F)C(F)(F)C(F)(F)C(F)(F)F)S(=O)(=O)CCCO. The summed E-state index contributed by atoms with van der Waals surface area (Å²) in [6.45, 7) is -0.945. The van der Waals surface area contributed by atoms with E-state index in [0.29, 0.717) is 0 Å². The summed E-state index contributed by atoms with van der Waals surface area (Å²) in [7, 11) is -5.16. The van der Waals surface area contributed by atoms with Gasteiger partial charge in [-0.3, -0.25) is 0 Å². The highest BCUT2D eigenvalue weighted by atomic mass is 32.2. The van der Waals surface area contributed by atoms with Gasteiger partial charge < -0.3 is 5.11 Å². The van der Waals surface area contributed by atoms with Gasteiger partial charge in [0.1, 0.15) is 5.25 Å². The number of hydrogen-bond acceptors (Lipinski definition) is 3. The molecule has 0 amide bonds. The first-order chi connectivity index (χ1) is 9.47. The van der Waals surface area contributed by atoms with E-state index in [2.05, 4.69) is 0 Å². The maximum atomic E-state index is 13.4. The molecule has 0 spiro atoms. The molecule has 22 heavy (non-hydrogen) atoms. The van der Waals surface area contributed by atoms with Crippen molar-refractivity contribution in [2.75, 3.05) is 12.4 Å². The van der Waals surface area contributed by atoms with Crippen molar-refractivity contribution >= 4 is 9.84 Å². The topological polar surface area (TPSA) is 54.4 Å². The Hall–Kier alpha value is -0.720. The maximum Gasteiger partial charge on any atom is 0.460 e. The van der Waals surface area contributed by atoms with Crippen LogP contribution in [0, 0.1) is 0 Å². The second-order valence-corrected chi connectivity index (χ2v) is 6.80. The summed E-state index contributed by atoms with van der Waals surface area (Å²) in [5.41, 5.74) is 0. The zero-order valence-electron chi connectivity index (χ0n) is 10.8. The van der Waals surface area contributed by atoms with Crippen molar-refractivity contribution < 1.29 is 53.0 Å². The van der Waals surface area contributed by atoms with E-state index in [1.165, 1.54) is 0 Å². The molecule has 0 heterocycles. The van der Waals surface area contributed by atoms with Gasteiger partial charge in [0.05, 0.1) is 5.75 Å². The van der Waals surface area contributed by atoms with Crippen LogP contribution in [0.2, 0.25) is 0 Å². The van der Waals surface area contributed by atoms with E-state index >= 15 is 0 Å². The highest BCUT2D eigenvalue weighted by Crippen LogP contribution is 2.54. The van der Waals surface area contributed by atoms with Crippen LogP contribution in [0.15, 0.2) is 0 Å². The van der Waals surface area contributed by atoms with E-state index in [-0.39, 0.29) is 6.92 Å². The lowest BCUT2D eigenvalue weighted by molar-refractivity contribution is -0.395. The largest absolute Gasteiger partial charge is 0.460 e. The minimum atomic E-state index is -7.13. The lowest BCUT2D eigenvalue weighted by Crippen LogP contribution is -2.65. The van der Waals surface area contributed by atoms with Crippen LogP contribution in [0.3, 0.4) is 0 Å². The Morgan fingerprint density at radius 1 is 0.909 bits per heavy atom. The molecule has 0 aromatic rings. The molecule has 0 saturated carbocycles. The summed E-state index contributed by atoms with van der Waals surface area (Å²) in [6.07, 6.45) is -7.68. The predicted octanol–water partition coefficient (Wildman–Crippen LogP) is 2.64. The van der Waals surface area contributed by atoms with Gasteiger partial charge in [0.2, 0.25) is 0 Å². The highest BCUT2D eigenvalue weighted by Gasteiger charge is 2.83. The highest BCUT2D eigenvalue weighted by molar-refractivity contribution is 7.92. The van der Waals surface area contributed by atoms with Gasteiger partial charge in [0, 0.05) is 6.61 Å². The second-order valence-electron chi connectivity index (χ2n) is 4.36. The van der Waals surface area contributed by atoms with Gasteiger partial charge in [0.15, 0.2) is 9.84 Å². The molecular formula is C9H11F9O3S. The molecule has 1 N–H and O–H groups in total. The number of sulfone groups is 1. The number of aliphatic hydroxyl groups excluding tert-OH is 1. The third kappa shape index (κ3) is 3.44. The number of rotatable bonds is 7. The summed E-state index contributed by atoms with van der Waals surface area (Å²) in [5.74, 6) is -21.6. The summed E-state index contributed by atoms with van der Waals surface area (Å²) in [6, 6.07) is 0. The first-order valence-electron chi connectivity index (χ1n) is 5.49. The third-order valence-electron chi connectivity index (χ3n) is 2.81. The predicted molar refractivity (Wildman–Crippen MR) is 55.8 cm³/mol. The van der Waals surface area contributed by atoms with Gasteiger partial charge in [-0.1, -0.05) is 0 Å². The van der Waals surface area contributed by atoms with E-state index in [9.17, 15) is 47.9 Å². The summed E-state index contributed by atoms with van der Waals surface area (Å²) >= 11 is 0. The van der Waals surface area contributed by atoms with Gasteiger partial charge in [-0.15, -0.1) is 0 Å². The van der Waals surface area contributed by atoms with Gasteiger partial charge in [0.25, 0.3) is 0 Å². The molecule has 0 aliphatic carbocycles. The monoisotopic (exact) mass is 370 g/mol. The van der Waals surface area contributed by atoms with Crippen LogP contribution < -0.4 is 0 Å². The Bertz CT molecular complexity index is 483. The van der Waals surface area contributed by atoms with Crippen molar-refractivity contribution in [2.45, 2.75) is 42.5 Å². The molecule has 0 radical (unpaired) electrons. The van der Waals surface area contributed by atoms with Crippen LogP contribution in [0.4, 0.5) is 39.5 Å². The molecule has 0 bridgehead atoms. The summed E-state index contributed by atoms with van der Waals surface area (Å²) in [5, 5.41) is 4.82. The molecular weight excluding hydrogens is 359 g/mol. The fourth-order valence-corrected chi connectivity index (χ4v) is 2.79. The Morgan fingerprint density at radius 2 is 1.32 bits per heavy atom. The van der Waals surface area contributed by atoms with Gasteiger partial charge in [-0.2, -0.15) is 39.5 Å². The number of halogens is 9. The zero-order chi connectivity index (χ0) is 18.2. The van der Waals surface area contributed by atoms with Crippen LogP contribution in [-0.2, 0) is 9.84 Å². The third-order valence-corrected chi connectivity index (χ3v) is 5.04. The van der Waals surface area contributed by atoms with E-state index < -0.39 is 57.8 Å². The van der Waals surface area contributed by atoms with Crippen LogP contribution in [-0.4, -0.2) is 55.1 Å². The molecule has 0 aromatic carbocycles. The fourth-order valence-electron chi connectivity index (χ4n) is 1.31. The number of aliphatic hydroxyl groups is 1. The molecule has 0 saturated heterocycles. The number of hydrogen-bond donors (Lipinski definition) is 1. The molecule has 0 aliphatic heterocycles. The van der Waals surface area contributed by atoms with Crippen molar-refractivity contribution in [2.24, 2.45) is 0 Å². The average molecular weight is 370 g/mol. The quantitative estimate of drug-likeness (QED) is 0.701. The second kappa shape index (κ2) is 6.06. The van der Waals surface area contributed by atoms with Gasteiger partial charge in [-0.05, 0) is 13.3 Å². The summed E-state index contributed by atoms with van der Waals surface area (Å²) in [4.78, 5) is 0. The zero-order valence-corrected chi connectivity index (χ0v) is 11.6. The maximum absolute atomic E-state index is 13.4. The van der Waals surface area contributed by atoms with E-state index in [1.54, 1.807) is 0 Å². The molecule has 0 fully saturated rings. The molecule has 13 heteroatoms. The van der Waals surface area contributed by atoms with Crippen molar-refractivity contribution in [3.63, 3.8) is 0 Å². The van der Waals surface area contributed by atoms with Crippen LogP contribution >= 0.6 is 0 Å². The van der Waals surface area contributed by atoms with Crippen molar-refractivity contribution in [3.8, 4) is 0 Å². The van der Waals surface area contributed by atoms with Crippen LogP contribution in [0.25, 0.3) is 0 Å². The average Bonchev–Trinajstić information content (AvgIpc) is 2.33. The van der Waals surface area contributed by atoms with E-state index in [0.717, 1.165) is 0 Å². The van der Waals surface area contributed by atoms with Gasteiger partial charge >= 0.3 is 23.9 Å². The van der Waals surface area contributed by atoms with Crippen molar-refractivity contribution in [3.05, 3.63) is 0 Å². The van der Waals surface area contributed by atoms with E-state index in [4.69, 9.17) is 5.11 Å². The Kier molecular flexibility index (Phi) is 5.86. The van der Waals surface area contributed by atoms with Gasteiger partial charge in [-0.25, -0.2) is 8.42 Å². The molecule has 1 unspecified atom stereocenters. The first-order valence-corrected chi connectivity index (χ1v) is 7.21. The molecule has 0 aliphatic rings. The summed E-state index contributed by atoms with van der Waals surface area (Å²) < 4.78 is 136. The van der Waals surface area contributed by atoms with Crippen molar-refractivity contribution in [1.29, 1.82) is 0 Å². The fraction of sp³-hybridized carbons (Fsp3) is 1.00. The normalized spacial score (nSPS) is 16.7. The molecule has 3 nitrogen and oxygen atoms in total. The van der Waals surface area contributed by atoms with E-state index in [1.807, 2.05) is 0 Å². The molecule has 0 aromatic heterocycles. The van der Waals surface area contributed by atoms with Crippen molar-refractivity contribution in [1.82, 2.24) is 0 Å². The Labute approximate surface area is 119 Å². The lowest BCUT2D eigenvalue weighted by atomic mass is 10.0. The molecule has 1 atom stereocenters. The molecule has 0 rings (SSSR count). The smallest absolute Gasteiger partial charge is 0.396 e. The minimum absolute atomic E-state index is 0.104. The lowest BCUT2D eigenvalue weighted by Gasteiger charge is -2.36. The number of alkyl halides is 9. The standard InChI is InChI=1S/C9H11F9O3S/c1-5(22(20,21)4-2-3-19)6(10,11)7(12,13)8(14,15)9(16,17)18/h5,19H,2-4H2,1H3. The van der Waals surface area contributed by atoms with Crippen LogP contribution in [0.1, 0.15) is 13.3 Å². The minimum Gasteiger partial charge on any atom is -0.396 e.